The van der Waals surface area contributed by atoms with Crippen molar-refractivity contribution < 1.29 is 9.63 Å². The SMILES string of the molecule is CCc1c(CO)noc1C(C)(C)C. The molecule has 0 aliphatic carbocycles. The fraction of sp³-hybridized carbons (Fsp3) is 0.700. The number of aromatic nitrogens is 1. The van der Waals surface area contributed by atoms with Crippen LogP contribution in [0.3, 0.4) is 0 Å². The molecule has 1 aromatic rings. The Morgan fingerprint density at radius 3 is 2.38 bits per heavy atom. The molecule has 0 radical (unpaired) electrons. The summed E-state index contributed by atoms with van der Waals surface area (Å²) in [4.78, 5) is 0. The van der Waals surface area contributed by atoms with Crippen LogP contribution in [0.1, 0.15) is 44.7 Å². The van der Waals surface area contributed by atoms with Gasteiger partial charge in [0.25, 0.3) is 0 Å². The second-order valence-electron chi connectivity index (χ2n) is 4.20. The number of rotatable bonds is 2. The quantitative estimate of drug-likeness (QED) is 0.763. The first-order chi connectivity index (χ1) is 6.00. The fourth-order valence-electron chi connectivity index (χ4n) is 1.42. The molecule has 0 aliphatic heterocycles. The first kappa shape index (κ1) is 10.3. The van der Waals surface area contributed by atoms with E-state index in [0.29, 0.717) is 5.69 Å². The highest BCUT2D eigenvalue weighted by atomic mass is 16.5. The molecule has 74 valence electrons. The lowest BCUT2D eigenvalue weighted by Crippen LogP contribution is -2.12. The van der Waals surface area contributed by atoms with Gasteiger partial charge in [-0.05, 0) is 6.42 Å². The summed E-state index contributed by atoms with van der Waals surface area (Å²) in [5.41, 5.74) is 1.69. The van der Waals surface area contributed by atoms with Crippen molar-refractivity contribution in [2.75, 3.05) is 0 Å². The standard InChI is InChI=1S/C10H17NO2/c1-5-7-8(6-12)11-13-9(7)10(2,3)4/h12H,5-6H2,1-4H3. The van der Waals surface area contributed by atoms with Gasteiger partial charge in [-0.2, -0.15) is 0 Å². The summed E-state index contributed by atoms with van der Waals surface area (Å²) < 4.78 is 5.23. The van der Waals surface area contributed by atoms with Gasteiger partial charge >= 0.3 is 0 Å². The van der Waals surface area contributed by atoms with Crippen LogP contribution in [-0.4, -0.2) is 10.3 Å². The molecule has 0 aliphatic rings. The summed E-state index contributed by atoms with van der Waals surface area (Å²) >= 11 is 0. The van der Waals surface area contributed by atoms with Crippen molar-refractivity contribution in [1.29, 1.82) is 0 Å². The molecule has 0 fully saturated rings. The van der Waals surface area contributed by atoms with E-state index < -0.39 is 0 Å². The van der Waals surface area contributed by atoms with Gasteiger partial charge in [-0.3, -0.25) is 0 Å². The molecule has 0 spiro atoms. The van der Waals surface area contributed by atoms with Crippen LogP contribution in [-0.2, 0) is 18.4 Å². The van der Waals surface area contributed by atoms with Crippen molar-refractivity contribution in [2.24, 2.45) is 0 Å². The van der Waals surface area contributed by atoms with E-state index in [1.807, 2.05) is 6.92 Å². The normalized spacial score (nSPS) is 12.1. The molecular formula is C10H17NO2. The van der Waals surface area contributed by atoms with Gasteiger partial charge in [0.15, 0.2) is 0 Å². The van der Waals surface area contributed by atoms with Crippen LogP contribution in [0.2, 0.25) is 0 Å². The Labute approximate surface area is 78.7 Å². The highest BCUT2D eigenvalue weighted by Gasteiger charge is 2.24. The molecule has 1 rings (SSSR count). The molecule has 1 aromatic heterocycles. The molecule has 1 heterocycles. The van der Waals surface area contributed by atoms with Gasteiger partial charge in [0.1, 0.15) is 11.5 Å². The summed E-state index contributed by atoms with van der Waals surface area (Å²) in [5.74, 6) is 0.888. The third-order valence-electron chi connectivity index (χ3n) is 2.05. The number of hydrogen-bond acceptors (Lipinski definition) is 3. The van der Waals surface area contributed by atoms with Gasteiger partial charge in [0.05, 0.1) is 6.61 Å². The molecule has 0 saturated heterocycles. The summed E-state index contributed by atoms with van der Waals surface area (Å²) in [7, 11) is 0. The highest BCUT2D eigenvalue weighted by Crippen LogP contribution is 2.28. The Balaban J connectivity index is 3.16. The Morgan fingerprint density at radius 1 is 1.38 bits per heavy atom. The van der Waals surface area contributed by atoms with E-state index in [1.165, 1.54) is 0 Å². The Kier molecular flexibility index (Phi) is 2.76. The third-order valence-corrected chi connectivity index (χ3v) is 2.05. The largest absolute Gasteiger partial charge is 0.390 e. The molecule has 13 heavy (non-hydrogen) atoms. The van der Waals surface area contributed by atoms with Crippen LogP contribution in [0.25, 0.3) is 0 Å². The molecular weight excluding hydrogens is 166 g/mol. The summed E-state index contributed by atoms with van der Waals surface area (Å²) in [6.45, 7) is 8.24. The number of nitrogens with zero attached hydrogens (tertiary/aromatic N) is 1. The van der Waals surface area contributed by atoms with Gasteiger partial charge in [-0.1, -0.05) is 32.9 Å². The second kappa shape index (κ2) is 3.50. The van der Waals surface area contributed by atoms with Crippen molar-refractivity contribution in [3.05, 3.63) is 17.0 Å². The predicted octanol–water partition coefficient (Wildman–Crippen LogP) is 2.03. The summed E-state index contributed by atoms with van der Waals surface area (Å²) in [6.07, 6.45) is 0.853. The van der Waals surface area contributed by atoms with E-state index in [-0.39, 0.29) is 12.0 Å². The lowest BCUT2D eigenvalue weighted by atomic mass is 9.89. The molecule has 1 N–H and O–H groups in total. The van der Waals surface area contributed by atoms with Gasteiger partial charge in [-0.15, -0.1) is 0 Å². The van der Waals surface area contributed by atoms with Crippen LogP contribution in [0.4, 0.5) is 0 Å². The lowest BCUT2D eigenvalue weighted by Gasteiger charge is -2.15. The van der Waals surface area contributed by atoms with E-state index >= 15 is 0 Å². The van der Waals surface area contributed by atoms with E-state index in [1.54, 1.807) is 0 Å². The monoisotopic (exact) mass is 183 g/mol. The maximum Gasteiger partial charge on any atom is 0.145 e. The zero-order chi connectivity index (χ0) is 10.1. The zero-order valence-corrected chi connectivity index (χ0v) is 8.72. The molecule has 0 bridgehead atoms. The molecule has 0 atom stereocenters. The minimum absolute atomic E-state index is 0.0359. The van der Waals surface area contributed by atoms with Crippen LogP contribution in [0.5, 0.6) is 0 Å². The van der Waals surface area contributed by atoms with Gasteiger partial charge in [-0.25, -0.2) is 0 Å². The predicted molar refractivity (Wildman–Crippen MR) is 50.5 cm³/mol. The van der Waals surface area contributed by atoms with Crippen LogP contribution in [0, 0.1) is 0 Å². The second-order valence-corrected chi connectivity index (χ2v) is 4.20. The maximum absolute atomic E-state index is 9.01. The minimum Gasteiger partial charge on any atom is -0.390 e. The van der Waals surface area contributed by atoms with Crippen LogP contribution in [0.15, 0.2) is 4.52 Å². The number of aliphatic hydroxyl groups is 1. The number of aliphatic hydroxyl groups excluding tert-OH is 1. The molecule has 0 aromatic carbocycles. The van der Waals surface area contributed by atoms with E-state index in [4.69, 9.17) is 9.63 Å². The third kappa shape index (κ3) is 1.91. The Hall–Kier alpha value is -0.830. The van der Waals surface area contributed by atoms with Gasteiger partial charge in [0.2, 0.25) is 0 Å². The van der Waals surface area contributed by atoms with Crippen LogP contribution < -0.4 is 0 Å². The molecule has 0 amide bonds. The van der Waals surface area contributed by atoms with Crippen molar-refractivity contribution >= 4 is 0 Å². The Morgan fingerprint density at radius 2 is 2.00 bits per heavy atom. The first-order valence-corrected chi connectivity index (χ1v) is 4.59. The van der Waals surface area contributed by atoms with E-state index in [9.17, 15) is 0 Å². The Bertz CT molecular complexity index is 284. The molecule has 3 nitrogen and oxygen atoms in total. The molecule has 0 unspecified atom stereocenters. The maximum atomic E-state index is 9.01. The van der Waals surface area contributed by atoms with Crippen LogP contribution >= 0.6 is 0 Å². The summed E-state index contributed by atoms with van der Waals surface area (Å²) in [6, 6.07) is 0. The fourth-order valence-corrected chi connectivity index (χ4v) is 1.42. The molecule has 3 heteroatoms. The van der Waals surface area contributed by atoms with Crippen molar-refractivity contribution in [3.63, 3.8) is 0 Å². The zero-order valence-electron chi connectivity index (χ0n) is 8.72. The lowest BCUT2D eigenvalue weighted by molar-refractivity contribution is 0.261. The number of hydrogen-bond donors (Lipinski definition) is 1. The van der Waals surface area contributed by atoms with Gasteiger partial charge in [0, 0.05) is 11.0 Å². The minimum atomic E-state index is -0.0389. The smallest absolute Gasteiger partial charge is 0.145 e. The highest BCUT2D eigenvalue weighted by molar-refractivity contribution is 5.27. The average molecular weight is 183 g/mol. The van der Waals surface area contributed by atoms with E-state index in [2.05, 4.69) is 25.9 Å². The topological polar surface area (TPSA) is 46.3 Å². The van der Waals surface area contributed by atoms with Crippen molar-refractivity contribution in [2.45, 2.75) is 46.1 Å². The first-order valence-electron chi connectivity index (χ1n) is 4.59. The van der Waals surface area contributed by atoms with Crippen molar-refractivity contribution in [1.82, 2.24) is 5.16 Å². The molecule has 0 saturated carbocycles. The van der Waals surface area contributed by atoms with E-state index in [0.717, 1.165) is 17.7 Å². The average Bonchev–Trinajstić information content (AvgIpc) is 2.45. The summed E-state index contributed by atoms with van der Waals surface area (Å²) in [5, 5.41) is 12.9. The van der Waals surface area contributed by atoms with Gasteiger partial charge < -0.3 is 9.63 Å². The van der Waals surface area contributed by atoms with Crippen molar-refractivity contribution in [3.8, 4) is 0 Å².